The smallest absolute Gasteiger partial charge is 0.231 e. The van der Waals surface area contributed by atoms with Crippen molar-refractivity contribution < 1.29 is 4.79 Å². The number of carbonyl (C=O) groups excluding carboxylic acids is 1. The van der Waals surface area contributed by atoms with Crippen molar-refractivity contribution in [1.82, 2.24) is 0 Å². The van der Waals surface area contributed by atoms with Gasteiger partial charge >= 0.3 is 0 Å². The first kappa shape index (κ1) is 11.0. The maximum Gasteiger partial charge on any atom is 0.231 e. The van der Waals surface area contributed by atoms with Gasteiger partial charge in [0.2, 0.25) is 5.91 Å². The van der Waals surface area contributed by atoms with Gasteiger partial charge in [0, 0.05) is 13.6 Å². The summed E-state index contributed by atoms with van der Waals surface area (Å²) in [5.41, 5.74) is 2.87. The van der Waals surface area contributed by atoms with Gasteiger partial charge in [-0.25, -0.2) is 0 Å². The summed E-state index contributed by atoms with van der Waals surface area (Å²) in [5.74, 6) is 0.0868. The number of anilines is 2. The Hall–Kier alpha value is -1.51. The molecule has 1 aliphatic heterocycles. The third-order valence-electron chi connectivity index (χ3n) is 3.11. The fraction of sp³-hybridized carbons (Fsp3) is 0.462. The molecule has 1 N–H and O–H groups in total. The summed E-state index contributed by atoms with van der Waals surface area (Å²) in [4.78, 5) is 14.2. The predicted octanol–water partition coefficient (Wildman–Crippen LogP) is 2.41. The van der Waals surface area contributed by atoms with E-state index in [4.69, 9.17) is 0 Å². The molecule has 0 fully saturated rings. The van der Waals surface area contributed by atoms with E-state index in [0.29, 0.717) is 0 Å². The van der Waals surface area contributed by atoms with Crippen LogP contribution in [0, 0.1) is 12.3 Å². The number of nitrogens with one attached hydrogen (secondary N) is 1. The van der Waals surface area contributed by atoms with Gasteiger partial charge in [0.25, 0.3) is 0 Å². The van der Waals surface area contributed by atoms with Crippen LogP contribution >= 0.6 is 0 Å². The molecular weight excluding hydrogens is 200 g/mol. The number of aryl methyl sites for hydroxylation is 1. The second-order valence-corrected chi connectivity index (χ2v) is 5.17. The average Bonchev–Trinajstić information content (AvgIpc) is 2.23. The molecule has 0 saturated carbocycles. The van der Waals surface area contributed by atoms with E-state index >= 15 is 0 Å². The van der Waals surface area contributed by atoms with Crippen LogP contribution in [0.25, 0.3) is 0 Å². The van der Waals surface area contributed by atoms with Crippen LogP contribution in [0.5, 0.6) is 0 Å². The SMILES string of the molecule is Cc1cccc2c1N(C)CC(C)(C)C(=O)N2. The second kappa shape index (κ2) is 3.51. The van der Waals surface area contributed by atoms with Crippen molar-refractivity contribution in [2.45, 2.75) is 20.8 Å². The molecule has 1 aromatic rings. The van der Waals surface area contributed by atoms with Crippen molar-refractivity contribution >= 4 is 17.3 Å². The number of rotatable bonds is 0. The molecule has 0 aliphatic carbocycles. The van der Waals surface area contributed by atoms with Crippen molar-refractivity contribution in [1.29, 1.82) is 0 Å². The van der Waals surface area contributed by atoms with Gasteiger partial charge in [-0.15, -0.1) is 0 Å². The number of carbonyl (C=O) groups is 1. The molecule has 1 aromatic carbocycles. The van der Waals surface area contributed by atoms with Crippen LogP contribution in [0.2, 0.25) is 0 Å². The zero-order chi connectivity index (χ0) is 11.9. The zero-order valence-corrected chi connectivity index (χ0v) is 10.3. The molecule has 0 radical (unpaired) electrons. The second-order valence-electron chi connectivity index (χ2n) is 5.17. The normalized spacial score (nSPS) is 18.8. The topological polar surface area (TPSA) is 32.3 Å². The lowest BCUT2D eigenvalue weighted by Crippen LogP contribution is -2.37. The summed E-state index contributed by atoms with van der Waals surface area (Å²) in [6.07, 6.45) is 0. The van der Waals surface area contributed by atoms with Crippen LogP contribution in [0.1, 0.15) is 19.4 Å². The molecule has 3 nitrogen and oxygen atoms in total. The predicted molar refractivity (Wildman–Crippen MR) is 66.9 cm³/mol. The molecule has 0 bridgehead atoms. The first-order valence-electron chi connectivity index (χ1n) is 5.54. The highest BCUT2D eigenvalue weighted by atomic mass is 16.2. The highest BCUT2D eigenvalue weighted by Crippen LogP contribution is 2.35. The van der Waals surface area contributed by atoms with Crippen molar-refractivity contribution in [2.75, 3.05) is 23.8 Å². The van der Waals surface area contributed by atoms with E-state index in [1.54, 1.807) is 0 Å². The Morgan fingerprint density at radius 3 is 2.75 bits per heavy atom. The maximum atomic E-state index is 12.0. The van der Waals surface area contributed by atoms with E-state index in [0.717, 1.165) is 17.9 Å². The Kier molecular flexibility index (Phi) is 2.41. The summed E-state index contributed by atoms with van der Waals surface area (Å²) >= 11 is 0. The van der Waals surface area contributed by atoms with Gasteiger partial charge in [-0.2, -0.15) is 0 Å². The monoisotopic (exact) mass is 218 g/mol. The van der Waals surface area contributed by atoms with E-state index in [-0.39, 0.29) is 11.3 Å². The van der Waals surface area contributed by atoms with Crippen LogP contribution in [0.15, 0.2) is 18.2 Å². The van der Waals surface area contributed by atoms with E-state index in [1.807, 2.05) is 33.0 Å². The molecule has 0 aromatic heterocycles. The molecule has 86 valence electrons. The minimum atomic E-state index is -0.361. The number of para-hydroxylation sites is 1. The largest absolute Gasteiger partial charge is 0.372 e. The van der Waals surface area contributed by atoms with Crippen LogP contribution < -0.4 is 10.2 Å². The number of benzene rings is 1. The van der Waals surface area contributed by atoms with Crippen LogP contribution in [-0.2, 0) is 4.79 Å². The van der Waals surface area contributed by atoms with Crippen LogP contribution in [0.3, 0.4) is 0 Å². The van der Waals surface area contributed by atoms with Crippen molar-refractivity contribution in [3.8, 4) is 0 Å². The van der Waals surface area contributed by atoms with Gasteiger partial charge in [0.1, 0.15) is 0 Å². The highest BCUT2D eigenvalue weighted by molar-refractivity contribution is 6.00. The Balaban J connectivity index is 2.53. The quantitative estimate of drug-likeness (QED) is 0.725. The summed E-state index contributed by atoms with van der Waals surface area (Å²) in [6, 6.07) is 6.00. The van der Waals surface area contributed by atoms with E-state index in [9.17, 15) is 4.79 Å². The number of amides is 1. The first-order chi connectivity index (χ1) is 7.42. The molecule has 1 aliphatic rings. The molecule has 0 saturated heterocycles. The van der Waals surface area contributed by atoms with Gasteiger partial charge in [0.05, 0.1) is 16.8 Å². The van der Waals surface area contributed by atoms with Crippen LogP contribution in [0.4, 0.5) is 11.4 Å². The number of hydrogen-bond acceptors (Lipinski definition) is 2. The van der Waals surface area contributed by atoms with Gasteiger partial charge in [-0.1, -0.05) is 12.1 Å². The third kappa shape index (κ3) is 1.66. The van der Waals surface area contributed by atoms with Gasteiger partial charge in [0.15, 0.2) is 0 Å². The fourth-order valence-corrected chi connectivity index (χ4v) is 2.30. The Labute approximate surface area is 96.5 Å². The standard InChI is InChI=1S/C13H18N2O/c1-9-6-5-7-10-11(9)15(4)8-13(2,3)12(16)14-10/h5-7H,8H2,1-4H3,(H,14,16). The summed E-state index contributed by atoms with van der Waals surface area (Å²) in [5, 5.41) is 3.00. The lowest BCUT2D eigenvalue weighted by atomic mass is 9.92. The first-order valence-corrected chi connectivity index (χ1v) is 5.54. The summed E-state index contributed by atoms with van der Waals surface area (Å²) < 4.78 is 0. The van der Waals surface area contributed by atoms with Crippen molar-refractivity contribution in [3.63, 3.8) is 0 Å². The lowest BCUT2D eigenvalue weighted by Gasteiger charge is -2.27. The minimum absolute atomic E-state index is 0.0868. The van der Waals surface area contributed by atoms with E-state index < -0.39 is 0 Å². The Morgan fingerprint density at radius 1 is 1.38 bits per heavy atom. The molecular formula is C13H18N2O. The van der Waals surface area contributed by atoms with E-state index in [1.165, 1.54) is 5.56 Å². The molecule has 0 spiro atoms. The molecule has 16 heavy (non-hydrogen) atoms. The molecule has 0 unspecified atom stereocenters. The average molecular weight is 218 g/mol. The number of nitrogens with zero attached hydrogens (tertiary/aromatic N) is 1. The minimum Gasteiger partial charge on any atom is -0.372 e. The number of fused-ring (bicyclic) bond motifs is 1. The van der Waals surface area contributed by atoms with Crippen LogP contribution in [-0.4, -0.2) is 19.5 Å². The van der Waals surface area contributed by atoms with Gasteiger partial charge in [-0.3, -0.25) is 4.79 Å². The molecule has 1 amide bonds. The lowest BCUT2D eigenvalue weighted by molar-refractivity contribution is -0.123. The summed E-state index contributed by atoms with van der Waals surface area (Å²) in [6.45, 7) is 6.75. The van der Waals surface area contributed by atoms with Gasteiger partial charge < -0.3 is 10.2 Å². The Bertz CT molecular complexity index is 438. The number of hydrogen-bond donors (Lipinski definition) is 1. The third-order valence-corrected chi connectivity index (χ3v) is 3.11. The van der Waals surface area contributed by atoms with Crippen molar-refractivity contribution in [3.05, 3.63) is 23.8 Å². The van der Waals surface area contributed by atoms with Gasteiger partial charge in [-0.05, 0) is 32.4 Å². The van der Waals surface area contributed by atoms with E-state index in [2.05, 4.69) is 23.2 Å². The summed E-state index contributed by atoms with van der Waals surface area (Å²) in [7, 11) is 2.04. The fourth-order valence-electron chi connectivity index (χ4n) is 2.30. The molecule has 1 heterocycles. The zero-order valence-electron chi connectivity index (χ0n) is 10.3. The Morgan fingerprint density at radius 2 is 2.06 bits per heavy atom. The molecule has 2 rings (SSSR count). The molecule has 3 heteroatoms. The van der Waals surface area contributed by atoms with Crippen molar-refractivity contribution in [2.24, 2.45) is 5.41 Å². The maximum absolute atomic E-state index is 12.0. The molecule has 0 atom stereocenters. The highest BCUT2D eigenvalue weighted by Gasteiger charge is 2.33.